The van der Waals surface area contributed by atoms with Crippen LogP contribution in [0.5, 0.6) is 17.2 Å². The molecule has 184 valence electrons. The summed E-state index contributed by atoms with van der Waals surface area (Å²) >= 11 is 0. The molecule has 0 aliphatic carbocycles. The van der Waals surface area contributed by atoms with Gasteiger partial charge in [0.15, 0.2) is 11.5 Å². The first-order valence-corrected chi connectivity index (χ1v) is 12.5. The highest BCUT2D eigenvalue weighted by Gasteiger charge is 2.29. The molecule has 10 heteroatoms. The van der Waals surface area contributed by atoms with E-state index in [1.165, 1.54) is 36.4 Å². The molecule has 1 aliphatic rings. The molecule has 3 aromatic carbocycles. The van der Waals surface area contributed by atoms with Gasteiger partial charge >= 0.3 is 0 Å². The van der Waals surface area contributed by atoms with Crippen LogP contribution in [-0.2, 0) is 21.4 Å². The van der Waals surface area contributed by atoms with Gasteiger partial charge in [-0.15, -0.1) is 0 Å². The quantitative estimate of drug-likeness (QED) is 0.483. The minimum atomic E-state index is -4.25. The molecule has 0 spiro atoms. The third-order valence-corrected chi connectivity index (χ3v) is 7.00. The van der Waals surface area contributed by atoms with E-state index < -0.39 is 28.3 Å². The monoisotopic (exact) mass is 500 g/mol. The molecule has 0 bridgehead atoms. The molecule has 8 nitrogen and oxygen atoms in total. The number of carbonyl (C=O) groups is 1. The number of halogens is 1. The highest BCUT2D eigenvalue weighted by molar-refractivity contribution is 7.92. The van der Waals surface area contributed by atoms with E-state index in [4.69, 9.17) is 14.2 Å². The maximum atomic E-state index is 14.0. The second-order valence-corrected chi connectivity index (χ2v) is 9.48. The number of anilines is 1. The Morgan fingerprint density at radius 2 is 1.80 bits per heavy atom. The summed E-state index contributed by atoms with van der Waals surface area (Å²) in [5, 5.41) is 2.72. The Kier molecular flexibility index (Phi) is 7.40. The van der Waals surface area contributed by atoms with Crippen molar-refractivity contribution in [3.05, 3.63) is 78.1 Å². The van der Waals surface area contributed by atoms with Crippen LogP contribution in [-0.4, -0.2) is 40.7 Å². The normalized spacial score (nSPS) is 12.6. The molecule has 0 aromatic heterocycles. The van der Waals surface area contributed by atoms with Crippen LogP contribution in [0.25, 0.3) is 0 Å². The van der Waals surface area contributed by atoms with Crippen molar-refractivity contribution in [3.63, 3.8) is 0 Å². The lowest BCUT2D eigenvalue weighted by molar-refractivity contribution is -0.119. The molecular formula is C25H25FN2O6S. The molecule has 1 N–H and O–H groups in total. The van der Waals surface area contributed by atoms with Gasteiger partial charge in [0.1, 0.15) is 31.3 Å². The van der Waals surface area contributed by atoms with Gasteiger partial charge in [0.2, 0.25) is 5.91 Å². The Hall–Kier alpha value is -3.79. The first-order chi connectivity index (χ1) is 16.9. The molecule has 0 saturated heterocycles. The number of amides is 1. The van der Waals surface area contributed by atoms with E-state index in [9.17, 15) is 17.6 Å². The molecule has 4 rings (SSSR count). The molecule has 3 aromatic rings. The summed E-state index contributed by atoms with van der Waals surface area (Å²) in [4.78, 5) is 12.8. The van der Waals surface area contributed by atoms with Crippen LogP contribution in [0.15, 0.2) is 71.6 Å². The summed E-state index contributed by atoms with van der Waals surface area (Å²) < 4.78 is 58.6. The summed E-state index contributed by atoms with van der Waals surface area (Å²) in [6, 6.07) is 16.5. The van der Waals surface area contributed by atoms with Gasteiger partial charge in [0.05, 0.1) is 17.2 Å². The smallest absolute Gasteiger partial charge is 0.264 e. The Balaban J connectivity index is 1.60. The molecule has 0 saturated carbocycles. The summed E-state index contributed by atoms with van der Waals surface area (Å²) in [5.41, 5.74) is 0.763. The Labute approximate surface area is 203 Å². The number of fused-ring (bicyclic) bond motifs is 1. The molecule has 0 fully saturated rings. The second-order valence-electron chi connectivity index (χ2n) is 7.61. The van der Waals surface area contributed by atoms with E-state index in [1.54, 1.807) is 6.07 Å². The summed E-state index contributed by atoms with van der Waals surface area (Å²) in [6.07, 6.45) is 0. The Bertz CT molecular complexity index is 1310. The van der Waals surface area contributed by atoms with Crippen LogP contribution >= 0.6 is 0 Å². The molecular weight excluding hydrogens is 475 g/mol. The van der Waals surface area contributed by atoms with Crippen molar-refractivity contribution in [3.8, 4) is 17.2 Å². The van der Waals surface area contributed by atoms with Crippen molar-refractivity contribution < 1.29 is 31.8 Å². The number of para-hydroxylation sites is 1. The predicted octanol–water partition coefficient (Wildman–Crippen LogP) is 3.51. The number of nitrogens with one attached hydrogen (secondary N) is 1. The van der Waals surface area contributed by atoms with Gasteiger partial charge in [-0.05, 0) is 43.3 Å². The SMILES string of the molecule is CCOc1ccccc1CNC(=O)CN(c1cccc(F)c1)S(=O)(=O)c1ccc2c(c1)OCCO2. The zero-order chi connectivity index (χ0) is 24.8. The number of carbonyl (C=O) groups excluding carboxylic acids is 1. The van der Waals surface area contributed by atoms with Crippen LogP contribution in [0, 0.1) is 5.82 Å². The maximum Gasteiger partial charge on any atom is 0.264 e. The van der Waals surface area contributed by atoms with E-state index in [0.29, 0.717) is 24.7 Å². The summed E-state index contributed by atoms with van der Waals surface area (Å²) in [5.74, 6) is 0.144. The zero-order valence-electron chi connectivity index (χ0n) is 19.1. The van der Waals surface area contributed by atoms with Gasteiger partial charge in [-0.3, -0.25) is 9.10 Å². The van der Waals surface area contributed by atoms with Gasteiger partial charge in [0, 0.05) is 18.2 Å². The van der Waals surface area contributed by atoms with E-state index in [1.807, 2.05) is 25.1 Å². The molecule has 0 radical (unpaired) electrons. The fourth-order valence-corrected chi connectivity index (χ4v) is 5.01. The maximum absolute atomic E-state index is 14.0. The highest BCUT2D eigenvalue weighted by atomic mass is 32.2. The molecule has 1 amide bonds. The van der Waals surface area contributed by atoms with Crippen LogP contribution in [0.2, 0.25) is 0 Å². The van der Waals surface area contributed by atoms with Crippen molar-refractivity contribution in [2.75, 3.05) is 30.7 Å². The summed E-state index contributed by atoms with van der Waals surface area (Å²) in [6.45, 7) is 2.55. The van der Waals surface area contributed by atoms with Crippen LogP contribution in [0.4, 0.5) is 10.1 Å². The van der Waals surface area contributed by atoms with E-state index in [-0.39, 0.29) is 29.5 Å². The lowest BCUT2D eigenvalue weighted by Gasteiger charge is -2.25. The van der Waals surface area contributed by atoms with Crippen molar-refractivity contribution in [1.82, 2.24) is 5.32 Å². The van der Waals surface area contributed by atoms with E-state index in [2.05, 4.69) is 5.32 Å². The van der Waals surface area contributed by atoms with Crippen LogP contribution in [0.3, 0.4) is 0 Å². The molecule has 1 aliphatic heterocycles. The minimum Gasteiger partial charge on any atom is -0.494 e. The number of benzene rings is 3. The molecule has 0 atom stereocenters. The summed E-state index contributed by atoms with van der Waals surface area (Å²) in [7, 11) is -4.25. The van der Waals surface area contributed by atoms with Crippen LogP contribution < -0.4 is 23.8 Å². The van der Waals surface area contributed by atoms with Gasteiger partial charge in [0.25, 0.3) is 10.0 Å². The van der Waals surface area contributed by atoms with Crippen molar-refractivity contribution >= 4 is 21.6 Å². The van der Waals surface area contributed by atoms with Gasteiger partial charge in [-0.25, -0.2) is 12.8 Å². The topological polar surface area (TPSA) is 94.2 Å². The van der Waals surface area contributed by atoms with Gasteiger partial charge in [-0.1, -0.05) is 24.3 Å². The number of hydrogen-bond acceptors (Lipinski definition) is 6. The zero-order valence-corrected chi connectivity index (χ0v) is 19.9. The molecule has 0 unspecified atom stereocenters. The lowest BCUT2D eigenvalue weighted by atomic mass is 10.2. The van der Waals surface area contributed by atoms with Crippen molar-refractivity contribution in [2.45, 2.75) is 18.4 Å². The van der Waals surface area contributed by atoms with Crippen molar-refractivity contribution in [1.29, 1.82) is 0 Å². The molecule has 1 heterocycles. The van der Waals surface area contributed by atoms with Crippen molar-refractivity contribution in [2.24, 2.45) is 0 Å². The number of rotatable bonds is 9. The third-order valence-electron chi connectivity index (χ3n) is 5.23. The number of nitrogens with zero attached hydrogens (tertiary/aromatic N) is 1. The van der Waals surface area contributed by atoms with E-state index >= 15 is 0 Å². The molecule has 35 heavy (non-hydrogen) atoms. The Morgan fingerprint density at radius 3 is 2.57 bits per heavy atom. The first-order valence-electron chi connectivity index (χ1n) is 11.0. The highest BCUT2D eigenvalue weighted by Crippen LogP contribution is 2.34. The Morgan fingerprint density at radius 1 is 1.03 bits per heavy atom. The average molecular weight is 501 g/mol. The van der Waals surface area contributed by atoms with Gasteiger partial charge in [-0.2, -0.15) is 0 Å². The lowest BCUT2D eigenvalue weighted by Crippen LogP contribution is -2.40. The average Bonchev–Trinajstić information content (AvgIpc) is 2.86. The number of hydrogen-bond donors (Lipinski definition) is 1. The standard InChI is InChI=1S/C25H25FN2O6S/c1-2-32-22-9-4-3-6-18(22)16-27-25(29)17-28(20-8-5-7-19(26)14-20)35(30,31)21-10-11-23-24(15-21)34-13-12-33-23/h3-11,14-15H,2,12-13,16-17H2,1H3,(H,27,29). The fourth-order valence-electron chi connectivity index (χ4n) is 3.58. The second kappa shape index (κ2) is 10.6. The van der Waals surface area contributed by atoms with E-state index in [0.717, 1.165) is 15.9 Å². The number of ether oxygens (including phenoxy) is 3. The predicted molar refractivity (Wildman–Crippen MR) is 128 cm³/mol. The number of sulfonamides is 1. The van der Waals surface area contributed by atoms with Gasteiger partial charge < -0.3 is 19.5 Å². The third kappa shape index (κ3) is 5.65. The minimum absolute atomic E-state index is 0.0183. The fraction of sp³-hybridized carbons (Fsp3) is 0.240. The largest absolute Gasteiger partial charge is 0.494 e. The van der Waals surface area contributed by atoms with Crippen LogP contribution in [0.1, 0.15) is 12.5 Å². The first kappa shape index (κ1) is 24.3.